The fraction of sp³-hybridized carbons (Fsp3) is 0.500. The van der Waals surface area contributed by atoms with E-state index in [2.05, 4.69) is 10.2 Å². The van der Waals surface area contributed by atoms with Gasteiger partial charge in [0.15, 0.2) is 0 Å². The third kappa shape index (κ3) is 5.21. The van der Waals surface area contributed by atoms with Crippen molar-refractivity contribution in [2.45, 2.75) is 12.5 Å². The van der Waals surface area contributed by atoms with Crippen molar-refractivity contribution >= 4 is 41.1 Å². The molecule has 0 saturated carbocycles. The van der Waals surface area contributed by atoms with Crippen LogP contribution in [0, 0.1) is 0 Å². The molecule has 2 rings (SSSR count). The number of thioether (sulfide) groups is 1. The molecule has 2 N–H and O–H groups in total. The van der Waals surface area contributed by atoms with Gasteiger partial charge in [0, 0.05) is 36.9 Å². The summed E-state index contributed by atoms with van der Waals surface area (Å²) in [6.07, 6.45) is 2.33. The van der Waals surface area contributed by atoms with E-state index in [0.29, 0.717) is 43.4 Å². The lowest BCUT2D eigenvalue weighted by Crippen LogP contribution is -2.54. The van der Waals surface area contributed by atoms with Gasteiger partial charge < -0.3 is 20.2 Å². The number of hydrogen-bond donors (Lipinski definition) is 2. The van der Waals surface area contributed by atoms with E-state index in [0.717, 1.165) is 5.69 Å². The van der Waals surface area contributed by atoms with Crippen molar-refractivity contribution in [3.8, 4) is 0 Å². The molecular weight excluding hydrogens is 350 g/mol. The molecule has 1 aromatic carbocycles. The van der Waals surface area contributed by atoms with Crippen molar-refractivity contribution < 1.29 is 14.7 Å². The van der Waals surface area contributed by atoms with Crippen LogP contribution in [0.2, 0.25) is 5.02 Å². The highest BCUT2D eigenvalue weighted by molar-refractivity contribution is 7.98. The van der Waals surface area contributed by atoms with Gasteiger partial charge >= 0.3 is 12.0 Å². The van der Waals surface area contributed by atoms with Gasteiger partial charge in [0.25, 0.3) is 0 Å². The van der Waals surface area contributed by atoms with Crippen molar-refractivity contribution in [3.05, 3.63) is 29.3 Å². The SMILES string of the molecule is CSCCC(NC(=O)N1CCN(c2cccc(Cl)c2)CC1)C(=O)O. The van der Waals surface area contributed by atoms with Crippen LogP contribution < -0.4 is 10.2 Å². The second kappa shape index (κ2) is 9.03. The Morgan fingerprint density at radius 1 is 1.33 bits per heavy atom. The minimum Gasteiger partial charge on any atom is -0.480 e. The molecule has 0 radical (unpaired) electrons. The lowest BCUT2D eigenvalue weighted by molar-refractivity contribution is -0.139. The number of carboxylic acids is 1. The molecule has 1 heterocycles. The number of nitrogens with one attached hydrogen (secondary N) is 1. The summed E-state index contributed by atoms with van der Waals surface area (Å²) in [5.74, 6) is -0.297. The van der Waals surface area contributed by atoms with Crippen LogP contribution in [0.25, 0.3) is 0 Å². The summed E-state index contributed by atoms with van der Waals surface area (Å²) in [4.78, 5) is 27.3. The summed E-state index contributed by atoms with van der Waals surface area (Å²) in [5, 5.41) is 12.5. The lowest BCUT2D eigenvalue weighted by Gasteiger charge is -2.36. The van der Waals surface area contributed by atoms with Gasteiger partial charge in [0.1, 0.15) is 6.04 Å². The molecule has 1 aromatic rings. The van der Waals surface area contributed by atoms with Crippen LogP contribution in [-0.2, 0) is 4.79 Å². The molecule has 8 heteroatoms. The fourth-order valence-electron chi connectivity index (χ4n) is 2.57. The number of carbonyl (C=O) groups excluding carboxylic acids is 1. The molecule has 0 aliphatic carbocycles. The zero-order valence-corrected chi connectivity index (χ0v) is 15.1. The maximum absolute atomic E-state index is 12.3. The first-order valence-electron chi connectivity index (χ1n) is 7.79. The highest BCUT2D eigenvalue weighted by atomic mass is 35.5. The number of carboxylic acid groups (broad SMARTS) is 1. The van der Waals surface area contributed by atoms with Gasteiger partial charge in [-0.3, -0.25) is 0 Å². The normalized spacial score (nSPS) is 15.9. The molecule has 0 bridgehead atoms. The number of halogens is 1. The molecule has 132 valence electrons. The summed E-state index contributed by atoms with van der Waals surface area (Å²) in [7, 11) is 0. The Kier molecular flexibility index (Phi) is 7.05. The molecule has 1 aliphatic rings. The molecule has 2 amide bonds. The Morgan fingerprint density at radius 2 is 2.04 bits per heavy atom. The molecule has 1 unspecified atom stereocenters. The standard InChI is InChI=1S/C16H22ClN3O3S/c1-24-10-5-14(15(21)22)18-16(23)20-8-6-19(7-9-20)13-4-2-3-12(17)11-13/h2-4,11,14H,5-10H2,1H3,(H,18,23)(H,21,22). The van der Waals surface area contributed by atoms with Crippen LogP contribution in [0.15, 0.2) is 24.3 Å². The van der Waals surface area contributed by atoms with E-state index in [9.17, 15) is 14.7 Å². The van der Waals surface area contributed by atoms with E-state index in [1.807, 2.05) is 30.5 Å². The van der Waals surface area contributed by atoms with Gasteiger partial charge in [0.2, 0.25) is 0 Å². The Hall–Kier alpha value is -1.60. The van der Waals surface area contributed by atoms with Gasteiger partial charge in [-0.05, 0) is 36.6 Å². The summed E-state index contributed by atoms with van der Waals surface area (Å²) < 4.78 is 0. The second-order valence-electron chi connectivity index (χ2n) is 5.58. The van der Waals surface area contributed by atoms with E-state index in [-0.39, 0.29) is 6.03 Å². The average molecular weight is 372 g/mol. The molecule has 1 aliphatic heterocycles. The van der Waals surface area contributed by atoms with Crippen LogP contribution >= 0.6 is 23.4 Å². The van der Waals surface area contributed by atoms with Gasteiger partial charge in [0.05, 0.1) is 0 Å². The molecule has 6 nitrogen and oxygen atoms in total. The number of hydrogen-bond acceptors (Lipinski definition) is 4. The minimum absolute atomic E-state index is 0.311. The van der Waals surface area contributed by atoms with Gasteiger partial charge in [-0.25, -0.2) is 9.59 Å². The number of benzene rings is 1. The Balaban J connectivity index is 1.86. The largest absolute Gasteiger partial charge is 0.480 e. The van der Waals surface area contributed by atoms with Gasteiger partial charge in [-0.1, -0.05) is 17.7 Å². The van der Waals surface area contributed by atoms with Crippen molar-refractivity contribution in [3.63, 3.8) is 0 Å². The maximum Gasteiger partial charge on any atom is 0.326 e. The van der Waals surface area contributed by atoms with Crippen LogP contribution in [-0.4, -0.2) is 66.2 Å². The third-order valence-electron chi connectivity index (χ3n) is 3.95. The topological polar surface area (TPSA) is 72.9 Å². The third-order valence-corrected chi connectivity index (χ3v) is 4.83. The monoisotopic (exact) mass is 371 g/mol. The zero-order valence-electron chi connectivity index (χ0n) is 13.6. The molecule has 0 aromatic heterocycles. The maximum atomic E-state index is 12.3. The Labute approximate surface area is 151 Å². The van der Waals surface area contributed by atoms with Crippen LogP contribution in [0.3, 0.4) is 0 Å². The van der Waals surface area contributed by atoms with E-state index in [1.165, 1.54) is 0 Å². The average Bonchev–Trinajstić information content (AvgIpc) is 2.58. The van der Waals surface area contributed by atoms with E-state index in [4.69, 9.17) is 11.6 Å². The highest BCUT2D eigenvalue weighted by Gasteiger charge is 2.25. The predicted molar refractivity (Wildman–Crippen MR) is 98.2 cm³/mol. The number of urea groups is 1. The first kappa shape index (κ1) is 18.7. The number of rotatable bonds is 6. The van der Waals surface area contributed by atoms with Crippen LogP contribution in [0.4, 0.5) is 10.5 Å². The quantitative estimate of drug-likeness (QED) is 0.803. The summed E-state index contributed by atoms with van der Waals surface area (Å²) in [6, 6.07) is 6.48. The molecule has 0 spiro atoms. The van der Waals surface area contributed by atoms with Gasteiger partial charge in [-0.2, -0.15) is 11.8 Å². The summed E-state index contributed by atoms with van der Waals surface area (Å²) in [6.45, 7) is 2.48. The van der Waals surface area contributed by atoms with Crippen molar-refractivity contribution in [2.24, 2.45) is 0 Å². The van der Waals surface area contributed by atoms with Crippen LogP contribution in [0.5, 0.6) is 0 Å². The molecule has 1 fully saturated rings. The van der Waals surface area contributed by atoms with E-state index < -0.39 is 12.0 Å². The van der Waals surface area contributed by atoms with Crippen molar-refractivity contribution in [1.82, 2.24) is 10.2 Å². The number of amides is 2. The smallest absolute Gasteiger partial charge is 0.326 e. The number of carbonyl (C=O) groups is 2. The molecule has 1 saturated heterocycles. The van der Waals surface area contributed by atoms with Gasteiger partial charge in [-0.15, -0.1) is 0 Å². The molecular formula is C16H22ClN3O3S. The number of anilines is 1. The summed E-state index contributed by atoms with van der Waals surface area (Å²) in [5.41, 5.74) is 1.03. The van der Waals surface area contributed by atoms with E-state index >= 15 is 0 Å². The first-order valence-corrected chi connectivity index (χ1v) is 9.56. The predicted octanol–water partition coefficient (Wildman–Crippen LogP) is 2.38. The fourth-order valence-corrected chi connectivity index (χ4v) is 3.23. The Morgan fingerprint density at radius 3 is 2.62 bits per heavy atom. The lowest BCUT2D eigenvalue weighted by atomic mass is 10.2. The van der Waals surface area contributed by atoms with Crippen LogP contribution in [0.1, 0.15) is 6.42 Å². The molecule has 1 atom stereocenters. The van der Waals surface area contributed by atoms with Crippen molar-refractivity contribution in [1.29, 1.82) is 0 Å². The second-order valence-corrected chi connectivity index (χ2v) is 7.00. The summed E-state index contributed by atoms with van der Waals surface area (Å²) >= 11 is 7.58. The molecule has 24 heavy (non-hydrogen) atoms. The zero-order chi connectivity index (χ0) is 17.5. The van der Waals surface area contributed by atoms with E-state index in [1.54, 1.807) is 16.7 Å². The number of aliphatic carboxylic acids is 1. The first-order chi connectivity index (χ1) is 11.5. The van der Waals surface area contributed by atoms with Crippen molar-refractivity contribution in [2.75, 3.05) is 43.1 Å². The number of nitrogens with zero attached hydrogens (tertiary/aromatic N) is 2. The minimum atomic E-state index is -0.991. The highest BCUT2D eigenvalue weighted by Crippen LogP contribution is 2.20. The Bertz CT molecular complexity index is 579. The number of piperazine rings is 1.